The van der Waals surface area contributed by atoms with Gasteiger partial charge in [-0.3, -0.25) is 4.79 Å². The molecule has 1 aliphatic rings. The normalized spacial score (nSPS) is 13.0. The van der Waals surface area contributed by atoms with Crippen molar-refractivity contribution in [1.82, 2.24) is 14.9 Å². The highest BCUT2D eigenvalue weighted by molar-refractivity contribution is 5.94. The molecular formula is C21H24ClN3O4. The average Bonchev–Trinajstić information content (AvgIpc) is 2.79. The Balaban J connectivity index is 0.00000240. The van der Waals surface area contributed by atoms with Gasteiger partial charge in [0.1, 0.15) is 5.75 Å². The number of benzene rings is 1. The van der Waals surface area contributed by atoms with Crippen LogP contribution in [0.25, 0.3) is 22.2 Å². The van der Waals surface area contributed by atoms with Gasteiger partial charge in [-0.2, -0.15) is 0 Å². The lowest BCUT2D eigenvalue weighted by atomic mass is 9.97. The van der Waals surface area contributed by atoms with Crippen LogP contribution >= 0.6 is 12.4 Å². The molecule has 0 amide bonds. The lowest BCUT2D eigenvalue weighted by Gasteiger charge is -2.12. The maximum atomic E-state index is 12.3. The Labute approximate surface area is 173 Å². The van der Waals surface area contributed by atoms with Crippen LogP contribution in [0.5, 0.6) is 5.75 Å². The minimum absolute atomic E-state index is 0. The minimum atomic E-state index is -1.42. The molecule has 3 aromatic rings. The zero-order valence-electron chi connectivity index (χ0n) is 16.5. The molecule has 29 heavy (non-hydrogen) atoms. The molecule has 0 bridgehead atoms. The number of aromatic amines is 2. The number of nitrogens with zero attached hydrogens (tertiary/aromatic N) is 1. The monoisotopic (exact) mass is 417 g/mol. The van der Waals surface area contributed by atoms with Gasteiger partial charge in [-0.25, -0.2) is 4.79 Å². The Bertz CT molecular complexity index is 1180. The number of aromatic hydroxyl groups is 1. The van der Waals surface area contributed by atoms with E-state index >= 15 is 0 Å². The van der Waals surface area contributed by atoms with E-state index in [1.807, 2.05) is 20.2 Å². The summed E-state index contributed by atoms with van der Waals surface area (Å²) in [5.74, 6) is -1.84. The van der Waals surface area contributed by atoms with Gasteiger partial charge in [-0.1, -0.05) is 0 Å². The lowest BCUT2D eigenvalue weighted by molar-refractivity contribution is 0.0691. The van der Waals surface area contributed by atoms with Crippen LogP contribution in [0, 0.1) is 6.92 Å². The summed E-state index contributed by atoms with van der Waals surface area (Å²) in [5, 5.41) is 20.9. The third kappa shape index (κ3) is 3.41. The van der Waals surface area contributed by atoms with Gasteiger partial charge in [0.05, 0.1) is 5.69 Å². The van der Waals surface area contributed by atoms with E-state index in [4.69, 9.17) is 0 Å². The molecule has 0 spiro atoms. The van der Waals surface area contributed by atoms with Crippen molar-refractivity contribution in [2.45, 2.75) is 32.7 Å². The van der Waals surface area contributed by atoms with Crippen LogP contribution in [-0.2, 0) is 19.4 Å². The second-order valence-electron chi connectivity index (χ2n) is 7.71. The van der Waals surface area contributed by atoms with Gasteiger partial charge in [0, 0.05) is 34.3 Å². The zero-order valence-corrected chi connectivity index (χ0v) is 17.4. The van der Waals surface area contributed by atoms with E-state index in [-0.39, 0.29) is 12.4 Å². The second-order valence-corrected chi connectivity index (χ2v) is 7.71. The van der Waals surface area contributed by atoms with Gasteiger partial charge in [-0.15, -0.1) is 12.4 Å². The van der Waals surface area contributed by atoms with E-state index in [0.717, 1.165) is 47.1 Å². The van der Waals surface area contributed by atoms with E-state index in [1.54, 1.807) is 0 Å². The van der Waals surface area contributed by atoms with Crippen molar-refractivity contribution >= 4 is 29.3 Å². The number of carbonyl (C=O) groups is 1. The average molecular weight is 418 g/mol. The van der Waals surface area contributed by atoms with Crippen molar-refractivity contribution in [3.8, 4) is 17.0 Å². The largest absolute Gasteiger partial charge is 0.506 e. The van der Waals surface area contributed by atoms with Crippen LogP contribution < -0.4 is 5.56 Å². The molecule has 0 aliphatic heterocycles. The van der Waals surface area contributed by atoms with Crippen molar-refractivity contribution in [2.24, 2.45) is 0 Å². The number of aromatic nitrogens is 2. The fraction of sp³-hybridized carbons (Fsp3) is 0.333. The maximum Gasteiger partial charge on any atom is 0.345 e. The number of carboxylic acid groups (broad SMARTS) is 1. The summed E-state index contributed by atoms with van der Waals surface area (Å²) >= 11 is 0. The molecule has 0 radical (unpaired) electrons. The van der Waals surface area contributed by atoms with E-state index in [1.165, 1.54) is 5.56 Å². The highest BCUT2D eigenvalue weighted by Crippen LogP contribution is 2.38. The highest BCUT2D eigenvalue weighted by atomic mass is 35.5. The van der Waals surface area contributed by atoms with Crippen molar-refractivity contribution in [2.75, 3.05) is 14.1 Å². The first-order valence-corrected chi connectivity index (χ1v) is 9.28. The summed E-state index contributed by atoms with van der Waals surface area (Å²) < 4.78 is 0. The number of fused-ring (bicyclic) bond motifs is 4. The van der Waals surface area contributed by atoms with E-state index in [2.05, 4.69) is 27.9 Å². The number of aryl methyl sites for hydroxylation is 2. The van der Waals surface area contributed by atoms with Crippen LogP contribution in [0.15, 0.2) is 16.9 Å². The van der Waals surface area contributed by atoms with Crippen molar-refractivity contribution in [3.05, 3.63) is 50.4 Å². The SMILES string of the molecule is Cc1c(CN(C)C)[nH]c2cc3c(cc12)CCCc1c-3[nH]c(=O)c(C(=O)O)c1O.Cl. The first kappa shape index (κ1) is 21.0. The predicted octanol–water partition coefficient (Wildman–Crippen LogP) is 3.21. The molecule has 8 heteroatoms. The molecule has 0 unspecified atom stereocenters. The lowest BCUT2D eigenvalue weighted by Crippen LogP contribution is -2.20. The number of pyridine rings is 1. The number of aromatic carboxylic acids is 1. The summed E-state index contributed by atoms with van der Waals surface area (Å²) in [5.41, 5.74) is 4.86. The molecule has 0 fully saturated rings. The van der Waals surface area contributed by atoms with E-state index in [9.17, 15) is 19.8 Å². The Morgan fingerprint density at radius 2 is 1.93 bits per heavy atom. The molecule has 1 aromatic carbocycles. The van der Waals surface area contributed by atoms with Gasteiger partial charge in [-0.05, 0) is 63.5 Å². The highest BCUT2D eigenvalue weighted by Gasteiger charge is 2.26. The summed E-state index contributed by atoms with van der Waals surface area (Å²) in [6, 6.07) is 4.14. The predicted molar refractivity (Wildman–Crippen MR) is 114 cm³/mol. The molecule has 1 aliphatic carbocycles. The second kappa shape index (κ2) is 7.57. The Morgan fingerprint density at radius 3 is 2.59 bits per heavy atom. The molecule has 4 rings (SSSR count). The Hall–Kier alpha value is -2.77. The molecule has 0 saturated carbocycles. The third-order valence-corrected chi connectivity index (χ3v) is 5.51. The summed E-state index contributed by atoms with van der Waals surface area (Å²) in [6.45, 7) is 2.89. The molecule has 2 aromatic heterocycles. The van der Waals surface area contributed by atoms with Crippen LogP contribution in [0.3, 0.4) is 0 Å². The van der Waals surface area contributed by atoms with Crippen LogP contribution in [0.4, 0.5) is 0 Å². The molecule has 2 heterocycles. The van der Waals surface area contributed by atoms with Gasteiger partial charge in [0.15, 0.2) is 5.56 Å². The van der Waals surface area contributed by atoms with Crippen LogP contribution in [-0.4, -0.2) is 45.1 Å². The molecule has 0 atom stereocenters. The number of carboxylic acids is 1. The van der Waals surface area contributed by atoms with Gasteiger partial charge in [0.2, 0.25) is 0 Å². The number of hydrogen-bond acceptors (Lipinski definition) is 4. The quantitative estimate of drug-likeness (QED) is 0.523. The summed E-state index contributed by atoms with van der Waals surface area (Å²) in [7, 11) is 4.04. The smallest absolute Gasteiger partial charge is 0.345 e. The van der Waals surface area contributed by atoms with E-state index < -0.39 is 22.8 Å². The molecule has 4 N–H and O–H groups in total. The fourth-order valence-corrected chi connectivity index (χ4v) is 4.15. The Morgan fingerprint density at radius 1 is 1.21 bits per heavy atom. The zero-order chi connectivity index (χ0) is 20.2. The first-order chi connectivity index (χ1) is 13.3. The number of nitrogens with one attached hydrogen (secondary N) is 2. The number of H-pyrrole nitrogens is 2. The maximum absolute atomic E-state index is 12.3. The topological polar surface area (TPSA) is 109 Å². The number of rotatable bonds is 3. The molecule has 154 valence electrons. The third-order valence-electron chi connectivity index (χ3n) is 5.51. The van der Waals surface area contributed by atoms with E-state index in [0.29, 0.717) is 17.7 Å². The standard InChI is InChI=1S/C21H23N3O4.ClH/c1-10-13-7-11-5-4-6-12-18(23-20(26)17(19(12)25)21(27)28)14(11)8-15(13)22-16(10)9-24(2)3;/h7-8,22H,4-6,9H2,1-3H3,(H,27,28)(H2,23,25,26);1H. The van der Waals surface area contributed by atoms with Crippen LogP contribution in [0.2, 0.25) is 0 Å². The number of halogens is 1. The minimum Gasteiger partial charge on any atom is -0.506 e. The molecule has 0 saturated heterocycles. The Kier molecular flexibility index (Phi) is 5.47. The van der Waals surface area contributed by atoms with Gasteiger partial charge >= 0.3 is 5.97 Å². The fourth-order valence-electron chi connectivity index (χ4n) is 4.15. The van der Waals surface area contributed by atoms with Crippen LogP contribution in [0.1, 0.15) is 39.2 Å². The number of hydrogen-bond donors (Lipinski definition) is 4. The molecule has 7 nitrogen and oxygen atoms in total. The van der Waals surface area contributed by atoms with Gasteiger partial charge < -0.3 is 25.1 Å². The first-order valence-electron chi connectivity index (χ1n) is 9.28. The van der Waals surface area contributed by atoms with Crippen molar-refractivity contribution < 1.29 is 15.0 Å². The van der Waals surface area contributed by atoms with Gasteiger partial charge in [0.25, 0.3) is 5.56 Å². The summed E-state index contributed by atoms with van der Waals surface area (Å²) in [4.78, 5) is 32.0. The molecular weight excluding hydrogens is 394 g/mol. The van der Waals surface area contributed by atoms with Crippen molar-refractivity contribution in [3.63, 3.8) is 0 Å². The van der Waals surface area contributed by atoms with Crippen molar-refractivity contribution in [1.29, 1.82) is 0 Å². The summed E-state index contributed by atoms with van der Waals surface area (Å²) in [6.07, 6.45) is 2.06.